The molecule has 0 unspecified atom stereocenters. The monoisotopic (exact) mass is 353 g/mol. The Kier molecular flexibility index (Phi) is 3.31. The van der Waals surface area contributed by atoms with E-state index in [4.69, 9.17) is 0 Å². The second-order valence-electron chi connectivity index (χ2n) is 6.22. The van der Waals surface area contributed by atoms with Crippen LogP contribution in [0.1, 0.15) is 23.8 Å². The minimum absolute atomic E-state index is 0.759. The van der Waals surface area contributed by atoms with Crippen molar-refractivity contribution in [1.29, 1.82) is 0 Å². The minimum Gasteiger partial charge on any atom is -0.277 e. The lowest BCUT2D eigenvalue weighted by Gasteiger charge is -2.18. The summed E-state index contributed by atoms with van der Waals surface area (Å²) in [5, 5.41) is 11.6. The molecule has 4 aromatic heterocycles. The van der Waals surface area contributed by atoms with E-state index in [1.54, 1.807) is 18.1 Å². The molecule has 5 rings (SSSR count). The van der Waals surface area contributed by atoms with Crippen molar-refractivity contribution >= 4 is 39.0 Å². The van der Waals surface area contributed by atoms with Gasteiger partial charge in [0.05, 0.1) is 0 Å². The fourth-order valence-corrected chi connectivity index (χ4v) is 5.64. The molecule has 1 atom stereocenters. The number of hydrogen-bond acceptors (Lipinski definition) is 6. The second kappa shape index (κ2) is 5.53. The van der Waals surface area contributed by atoms with Crippen LogP contribution in [0.4, 0.5) is 0 Å². The fraction of sp³-hybridized carbons (Fsp3) is 0.294. The third-order valence-electron chi connectivity index (χ3n) is 4.53. The van der Waals surface area contributed by atoms with Crippen LogP contribution in [0, 0.1) is 5.92 Å². The molecule has 0 fully saturated rings. The van der Waals surface area contributed by atoms with Crippen LogP contribution in [0.25, 0.3) is 15.9 Å². The van der Waals surface area contributed by atoms with Crippen molar-refractivity contribution in [2.24, 2.45) is 5.92 Å². The molecule has 4 heterocycles. The van der Waals surface area contributed by atoms with Crippen LogP contribution in [0.2, 0.25) is 0 Å². The largest absolute Gasteiger partial charge is 0.277 e. The van der Waals surface area contributed by atoms with Gasteiger partial charge in [-0.15, -0.1) is 21.5 Å². The van der Waals surface area contributed by atoms with Crippen LogP contribution in [-0.4, -0.2) is 24.6 Å². The zero-order valence-corrected chi connectivity index (χ0v) is 14.8. The molecule has 0 saturated heterocycles. The standard InChI is InChI=1S/C17H15N5S2/c1-10-5-6-11-12(8-10)23-15-14(11)16(19-9-18-15)24-17-21-20-13-4-2-3-7-22(13)17/h2-4,7,9-10H,5-6,8H2,1H3/t10-/m0/s1. The summed E-state index contributed by atoms with van der Waals surface area (Å²) >= 11 is 3.40. The van der Waals surface area contributed by atoms with Crippen LogP contribution >= 0.6 is 23.1 Å². The molecule has 0 bridgehead atoms. The lowest BCUT2D eigenvalue weighted by molar-refractivity contribution is 0.509. The molecule has 0 saturated carbocycles. The first-order valence-corrected chi connectivity index (χ1v) is 9.66. The highest BCUT2D eigenvalue weighted by atomic mass is 32.2. The average Bonchev–Trinajstić information content (AvgIpc) is 3.16. The van der Waals surface area contributed by atoms with E-state index in [2.05, 4.69) is 27.1 Å². The highest BCUT2D eigenvalue weighted by molar-refractivity contribution is 7.99. The van der Waals surface area contributed by atoms with Gasteiger partial charge in [-0.1, -0.05) is 13.0 Å². The summed E-state index contributed by atoms with van der Waals surface area (Å²) in [6, 6.07) is 5.92. The van der Waals surface area contributed by atoms with E-state index < -0.39 is 0 Å². The first kappa shape index (κ1) is 14.4. The lowest BCUT2D eigenvalue weighted by atomic mass is 9.89. The summed E-state index contributed by atoms with van der Waals surface area (Å²) in [5.74, 6) is 0.759. The third kappa shape index (κ3) is 2.22. The predicted octanol–water partition coefficient (Wildman–Crippen LogP) is 4.01. The van der Waals surface area contributed by atoms with E-state index >= 15 is 0 Å². The summed E-state index contributed by atoms with van der Waals surface area (Å²) in [6.07, 6.45) is 7.18. The average molecular weight is 353 g/mol. The van der Waals surface area contributed by atoms with Crippen LogP contribution < -0.4 is 0 Å². The number of fused-ring (bicyclic) bond motifs is 4. The summed E-state index contributed by atoms with van der Waals surface area (Å²) in [5.41, 5.74) is 2.30. The van der Waals surface area contributed by atoms with Crippen LogP contribution in [0.3, 0.4) is 0 Å². The van der Waals surface area contributed by atoms with Gasteiger partial charge in [0.2, 0.25) is 5.16 Å². The first-order valence-electron chi connectivity index (χ1n) is 8.02. The normalized spacial score (nSPS) is 17.5. The van der Waals surface area contributed by atoms with Gasteiger partial charge in [-0.25, -0.2) is 9.97 Å². The summed E-state index contributed by atoms with van der Waals surface area (Å²) in [4.78, 5) is 11.7. The molecule has 0 amide bonds. The highest BCUT2D eigenvalue weighted by Gasteiger charge is 2.24. The molecule has 4 aromatic rings. The van der Waals surface area contributed by atoms with E-state index in [0.29, 0.717) is 0 Å². The molecule has 1 aliphatic carbocycles. The SMILES string of the molecule is C[C@H]1CCc2c(sc3ncnc(Sc4nnc5ccccn45)c23)C1. The molecule has 0 aliphatic heterocycles. The van der Waals surface area contributed by atoms with Gasteiger partial charge in [-0.3, -0.25) is 4.40 Å². The molecule has 120 valence electrons. The van der Waals surface area contributed by atoms with Gasteiger partial charge >= 0.3 is 0 Å². The number of pyridine rings is 1. The maximum absolute atomic E-state index is 4.57. The van der Waals surface area contributed by atoms with Crippen molar-refractivity contribution in [3.05, 3.63) is 41.2 Å². The minimum atomic E-state index is 0.759. The van der Waals surface area contributed by atoms with Gasteiger partial charge in [0.25, 0.3) is 0 Å². The van der Waals surface area contributed by atoms with Crippen molar-refractivity contribution in [3.63, 3.8) is 0 Å². The van der Waals surface area contributed by atoms with Crippen molar-refractivity contribution in [2.75, 3.05) is 0 Å². The smallest absolute Gasteiger partial charge is 0.201 e. The quantitative estimate of drug-likeness (QED) is 0.510. The van der Waals surface area contributed by atoms with Crippen LogP contribution in [0.15, 0.2) is 40.9 Å². The van der Waals surface area contributed by atoms with Crippen molar-refractivity contribution in [3.8, 4) is 0 Å². The number of aromatic nitrogens is 5. The van der Waals surface area contributed by atoms with Gasteiger partial charge in [0.15, 0.2) is 5.65 Å². The van der Waals surface area contributed by atoms with E-state index in [1.165, 1.54) is 22.2 Å². The molecule has 5 nitrogen and oxygen atoms in total. The Labute approximate surface area is 147 Å². The van der Waals surface area contributed by atoms with Crippen molar-refractivity contribution in [1.82, 2.24) is 24.6 Å². The topological polar surface area (TPSA) is 56.0 Å². The van der Waals surface area contributed by atoms with Crippen molar-refractivity contribution < 1.29 is 0 Å². The first-order chi connectivity index (χ1) is 11.8. The molecule has 0 radical (unpaired) electrons. The van der Waals surface area contributed by atoms with Crippen LogP contribution in [0.5, 0.6) is 0 Å². The molecule has 0 aromatic carbocycles. The number of thiophene rings is 1. The Bertz CT molecular complexity index is 1050. The fourth-order valence-electron chi connectivity index (χ4n) is 3.30. The van der Waals surface area contributed by atoms with Crippen molar-refractivity contribution in [2.45, 2.75) is 36.4 Å². The number of hydrogen-bond donors (Lipinski definition) is 0. The maximum atomic E-state index is 4.57. The van der Waals surface area contributed by atoms with Crippen LogP contribution in [-0.2, 0) is 12.8 Å². The Morgan fingerprint density at radius 3 is 3.17 bits per heavy atom. The molecule has 24 heavy (non-hydrogen) atoms. The van der Waals surface area contributed by atoms with E-state index in [-0.39, 0.29) is 0 Å². The van der Waals surface area contributed by atoms with Gasteiger partial charge in [0, 0.05) is 16.5 Å². The molecule has 0 spiro atoms. The van der Waals surface area contributed by atoms with E-state index in [0.717, 1.165) is 39.4 Å². The van der Waals surface area contributed by atoms with E-state index in [9.17, 15) is 0 Å². The Morgan fingerprint density at radius 2 is 2.21 bits per heavy atom. The van der Waals surface area contributed by atoms with Gasteiger partial charge in [-0.2, -0.15) is 0 Å². The molecule has 7 heteroatoms. The maximum Gasteiger partial charge on any atom is 0.201 e. The second-order valence-corrected chi connectivity index (χ2v) is 8.26. The molecule has 0 N–H and O–H groups in total. The summed E-state index contributed by atoms with van der Waals surface area (Å²) in [7, 11) is 0. The summed E-state index contributed by atoms with van der Waals surface area (Å²) < 4.78 is 2.00. The molecule has 1 aliphatic rings. The van der Waals surface area contributed by atoms with E-state index in [1.807, 2.05) is 40.1 Å². The number of nitrogens with zero attached hydrogens (tertiary/aromatic N) is 5. The van der Waals surface area contributed by atoms with Gasteiger partial charge < -0.3 is 0 Å². The van der Waals surface area contributed by atoms with Gasteiger partial charge in [0.1, 0.15) is 16.2 Å². The Hall–Kier alpha value is -1.99. The molecular formula is C17H15N5S2. The third-order valence-corrected chi connectivity index (χ3v) is 6.65. The zero-order valence-electron chi connectivity index (χ0n) is 13.1. The number of aryl methyl sites for hydroxylation is 1. The predicted molar refractivity (Wildman–Crippen MR) is 95.7 cm³/mol. The Balaban J connectivity index is 1.64. The highest BCUT2D eigenvalue weighted by Crippen LogP contribution is 2.41. The Morgan fingerprint density at radius 1 is 1.25 bits per heavy atom. The number of rotatable bonds is 2. The summed E-state index contributed by atoms with van der Waals surface area (Å²) in [6.45, 7) is 2.33. The zero-order chi connectivity index (χ0) is 16.1. The lowest BCUT2D eigenvalue weighted by Crippen LogP contribution is -2.08. The van der Waals surface area contributed by atoms with Gasteiger partial charge in [-0.05, 0) is 54.6 Å². The molecular weight excluding hydrogens is 338 g/mol.